The van der Waals surface area contributed by atoms with Crippen LogP contribution in [-0.4, -0.2) is 42.2 Å². The SMILES string of the molecule is CC(C)COc1ccc(-c2cc(C(=O)NC[C@@H](c3ccco3)N3CCC(C)CC3)no2)cc1. The molecule has 1 N–H and O–H groups in total. The average molecular weight is 452 g/mol. The number of rotatable bonds is 9. The first-order valence-corrected chi connectivity index (χ1v) is 11.7. The second-order valence-corrected chi connectivity index (χ2v) is 9.27. The van der Waals surface area contributed by atoms with Crippen molar-refractivity contribution in [2.24, 2.45) is 11.8 Å². The van der Waals surface area contributed by atoms with Gasteiger partial charge >= 0.3 is 0 Å². The van der Waals surface area contributed by atoms with Gasteiger partial charge in [-0.15, -0.1) is 0 Å². The molecule has 7 heteroatoms. The fourth-order valence-electron chi connectivity index (χ4n) is 4.01. The number of hydrogen-bond donors (Lipinski definition) is 1. The van der Waals surface area contributed by atoms with E-state index >= 15 is 0 Å². The minimum absolute atomic E-state index is 0.00112. The van der Waals surface area contributed by atoms with Crippen LogP contribution in [0.3, 0.4) is 0 Å². The zero-order valence-electron chi connectivity index (χ0n) is 19.6. The van der Waals surface area contributed by atoms with Gasteiger partial charge in [0.05, 0.1) is 18.9 Å². The van der Waals surface area contributed by atoms with Gasteiger partial charge in [-0.25, -0.2) is 0 Å². The molecule has 3 aromatic rings. The minimum atomic E-state index is -0.260. The molecule has 0 bridgehead atoms. The molecule has 1 aromatic carbocycles. The van der Waals surface area contributed by atoms with Crippen molar-refractivity contribution in [1.29, 1.82) is 0 Å². The maximum atomic E-state index is 12.8. The Morgan fingerprint density at radius 3 is 2.64 bits per heavy atom. The first-order valence-electron chi connectivity index (χ1n) is 11.7. The number of amides is 1. The molecule has 2 aromatic heterocycles. The highest BCUT2D eigenvalue weighted by Gasteiger charge is 2.27. The van der Waals surface area contributed by atoms with E-state index in [9.17, 15) is 4.79 Å². The number of hydrogen-bond acceptors (Lipinski definition) is 6. The van der Waals surface area contributed by atoms with E-state index in [1.807, 2.05) is 36.4 Å². The fraction of sp³-hybridized carbons (Fsp3) is 0.462. The van der Waals surface area contributed by atoms with Crippen LogP contribution in [0.25, 0.3) is 11.3 Å². The van der Waals surface area contributed by atoms with Crippen molar-refractivity contribution in [1.82, 2.24) is 15.4 Å². The van der Waals surface area contributed by atoms with Crippen molar-refractivity contribution in [3.63, 3.8) is 0 Å². The summed E-state index contributed by atoms with van der Waals surface area (Å²) in [6.07, 6.45) is 3.98. The topological polar surface area (TPSA) is 80.7 Å². The van der Waals surface area contributed by atoms with Gasteiger partial charge in [0.1, 0.15) is 11.5 Å². The third-order valence-electron chi connectivity index (χ3n) is 6.05. The van der Waals surface area contributed by atoms with Gasteiger partial charge < -0.3 is 19.0 Å². The van der Waals surface area contributed by atoms with E-state index in [2.05, 4.69) is 36.1 Å². The Kier molecular flexibility index (Phi) is 7.50. The molecule has 33 heavy (non-hydrogen) atoms. The zero-order valence-corrected chi connectivity index (χ0v) is 19.6. The van der Waals surface area contributed by atoms with Crippen LogP contribution in [0.2, 0.25) is 0 Å². The lowest BCUT2D eigenvalue weighted by Crippen LogP contribution is -2.41. The molecular weight excluding hydrogens is 418 g/mol. The summed E-state index contributed by atoms with van der Waals surface area (Å²) < 4.78 is 16.8. The van der Waals surface area contributed by atoms with E-state index < -0.39 is 0 Å². The summed E-state index contributed by atoms with van der Waals surface area (Å²) in [6.45, 7) is 9.61. The van der Waals surface area contributed by atoms with Gasteiger partial charge in [-0.3, -0.25) is 9.69 Å². The third-order valence-corrected chi connectivity index (χ3v) is 6.05. The number of carbonyl (C=O) groups is 1. The second-order valence-electron chi connectivity index (χ2n) is 9.27. The minimum Gasteiger partial charge on any atom is -0.493 e. The monoisotopic (exact) mass is 451 g/mol. The van der Waals surface area contributed by atoms with Gasteiger partial charge in [0, 0.05) is 18.2 Å². The quantitative estimate of drug-likeness (QED) is 0.483. The molecule has 1 atom stereocenters. The molecule has 1 amide bonds. The molecule has 3 heterocycles. The van der Waals surface area contributed by atoms with E-state index in [0.717, 1.165) is 48.9 Å². The van der Waals surface area contributed by atoms with Crippen molar-refractivity contribution in [3.8, 4) is 17.1 Å². The van der Waals surface area contributed by atoms with Crippen molar-refractivity contribution < 1.29 is 18.5 Å². The molecule has 0 aliphatic carbocycles. The van der Waals surface area contributed by atoms with Crippen LogP contribution in [0.5, 0.6) is 5.75 Å². The Morgan fingerprint density at radius 2 is 1.97 bits per heavy atom. The normalized spacial score (nSPS) is 16.1. The molecule has 1 fully saturated rings. The van der Waals surface area contributed by atoms with Crippen LogP contribution in [0, 0.1) is 11.8 Å². The summed E-state index contributed by atoms with van der Waals surface area (Å²) in [5.74, 6) is 3.15. The number of nitrogens with one attached hydrogen (secondary N) is 1. The zero-order chi connectivity index (χ0) is 23.2. The average Bonchev–Trinajstić information content (AvgIpc) is 3.52. The van der Waals surface area contributed by atoms with Gasteiger partial charge in [-0.1, -0.05) is 25.9 Å². The van der Waals surface area contributed by atoms with Gasteiger partial charge in [0.25, 0.3) is 5.91 Å². The first kappa shape index (κ1) is 23.1. The summed E-state index contributed by atoms with van der Waals surface area (Å²) in [6, 6.07) is 13.1. The molecular formula is C26H33N3O4. The third kappa shape index (κ3) is 6.05. The van der Waals surface area contributed by atoms with E-state index in [1.54, 1.807) is 12.3 Å². The number of furan rings is 1. The molecule has 1 saturated heterocycles. The highest BCUT2D eigenvalue weighted by Crippen LogP contribution is 2.27. The fourth-order valence-corrected chi connectivity index (χ4v) is 4.01. The summed E-state index contributed by atoms with van der Waals surface area (Å²) in [5.41, 5.74) is 1.10. The van der Waals surface area contributed by atoms with E-state index in [-0.39, 0.29) is 17.6 Å². The predicted molar refractivity (Wildman–Crippen MR) is 126 cm³/mol. The Labute approximate surface area is 195 Å². The van der Waals surface area contributed by atoms with Crippen LogP contribution in [0.15, 0.2) is 57.7 Å². The molecule has 1 aliphatic rings. The molecule has 7 nitrogen and oxygen atoms in total. The summed E-state index contributed by atoms with van der Waals surface area (Å²) in [5, 5.41) is 7.00. The molecule has 0 saturated carbocycles. The van der Waals surface area contributed by atoms with Crippen molar-refractivity contribution >= 4 is 5.91 Å². The van der Waals surface area contributed by atoms with Crippen LogP contribution < -0.4 is 10.1 Å². The summed E-state index contributed by atoms with van der Waals surface area (Å²) in [4.78, 5) is 15.2. The summed E-state index contributed by atoms with van der Waals surface area (Å²) >= 11 is 0. The lowest BCUT2D eigenvalue weighted by atomic mass is 9.97. The predicted octanol–water partition coefficient (Wildman–Crippen LogP) is 5.17. The molecule has 0 radical (unpaired) electrons. The van der Waals surface area contributed by atoms with Crippen molar-refractivity contribution in [2.45, 2.75) is 39.7 Å². The lowest BCUT2D eigenvalue weighted by Gasteiger charge is -2.35. The van der Waals surface area contributed by atoms with E-state index in [1.165, 1.54) is 0 Å². The number of nitrogens with zero attached hydrogens (tertiary/aromatic N) is 2. The van der Waals surface area contributed by atoms with E-state index in [4.69, 9.17) is 13.7 Å². The number of likely N-dealkylation sites (tertiary alicyclic amines) is 1. The maximum Gasteiger partial charge on any atom is 0.273 e. The van der Waals surface area contributed by atoms with Gasteiger partial charge in [0.2, 0.25) is 0 Å². The van der Waals surface area contributed by atoms with Crippen LogP contribution in [0.4, 0.5) is 0 Å². The highest BCUT2D eigenvalue weighted by molar-refractivity contribution is 5.93. The number of aromatic nitrogens is 1. The smallest absolute Gasteiger partial charge is 0.273 e. The largest absolute Gasteiger partial charge is 0.493 e. The maximum absolute atomic E-state index is 12.8. The van der Waals surface area contributed by atoms with Gasteiger partial charge in [-0.05, 0) is 74.2 Å². The highest BCUT2D eigenvalue weighted by atomic mass is 16.5. The summed E-state index contributed by atoms with van der Waals surface area (Å²) in [7, 11) is 0. The van der Waals surface area contributed by atoms with E-state index in [0.29, 0.717) is 24.8 Å². The number of carbonyl (C=O) groups excluding carboxylic acids is 1. The molecule has 176 valence electrons. The number of piperidine rings is 1. The molecule has 4 rings (SSSR count). The number of benzene rings is 1. The Bertz CT molecular complexity index is 1000. The lowest BCUT2D eigenvalue weighted by molar-refractivity contribution is 0.0887. The Balaban J connectivity index is 1.37. The number of ether oxygens (including phenoxy) is 1. The first-order chi connectivity index (χ1) is 16.0. The Morgan fingerprint density at radius 1 is 1.21 bits per heavy atom. The van der Waals surface area contributed by atoms with Crippen molar-refractivity contribution in [3.05, 3.63) is 60.2 Å². The standard InChI is InChI=1S/C26H33N3O4/c1-18(2)17-32-21-8-6-20(7-9-21)25-15-22(28-33-25)26(30)27-16-23(24-5-4-14-31-24)29-12-10-19(3)11-13-29/h4-9,14-15,18-19,23H,10-13,16-17H2,1-3H3,(H,27,30)/t23-/m0/s1. The molecule has 1 aliphatic heterocycles. The molecule has 0 unspecified atom stereocenters. The van der Waals surface area contributed by atoms with Crippen LogP contribution in [0.1, 0.15) is 55.9 Å². The van der Waals surface area contributed by atoms with Gasteiger partial charge in [-0.2, -0.15) is 0 Å². The Hall–Kier alpha value is -3.06. The van der Waals surface area contributed by atoms with Gasteiger partial charge in [0.15, 0.2) is 11.5 Å². The second kappa shape index (κ2) is 10.7. The van der Waals surface area contributed by atoms with Crippen LogP contribution >= 0.6 is 0 Å². The van der Waals surface area contributed by atoms with Crippen molar-refractivity contribution in [2.75, 3.05) is 26.2 Å². The molecule has 0 spiro atoms. The van der Waals surface area contributed by atoms with Crippen LogP contribution in [-0.2, 0) is 0 Å².